The van der Waals surface area contributed by atoms with Crippen LogP contribution in [0.5, 0.6) is 0 Å². The molecule has 0 saturated heterocycles. The predicted octanol–water partition coefficient (Wildman–Crippen LogP) is 8.06. The summed E-state index contributed by atoms with van der Waals surface area (Å²) in [6.07, 6.45) is 14.0. The standard InChI is InChI=1S/C44H65N3O10S3/c1-33-20-22-38-36(31-33)44(7,25-12-8-10-19-41(48)45-26-13-9-11-24-42(2,3)4)40(47(38)28-16-30-59(52,53)54)18-14-17-39-43(5,6)35-32-34(60(55,56)57)21-23-37(35)46(39)27-15-29-58(49,50)51/h14,17-18,20-23,31-32H,8-13,15-16,19,24-30H2,1-7H3,(H3-,45,48,49,50,51,52,53,54,55,56,57)/p+1. The number of aryl methyl sites for hydroxylation is 1. The second kappa shape index (κ2) is 19.7. The van der Waals surface area contributed by atoms with Gasteiger partial charge in [0.05, 0.1) is 21.8 Å². The summed E-state index contributed by atoms with van der Waals surface area (Å²) in [7, 11) is -13.0. The number of hydrogen-bond donors (Lipinski definition) is 4. The molecule has 60 heavy (non-hydrogen) atoms. The maximum absolute atomic E-state index is 12.6. The third-order valence-corrected chi connectivity index (χ3v) is 14.1. The molecule has 1 unspecified atom stereocenters. The van der Waals surface area contributed by atoms with Crippen molar-refractivity contribution in [1.82, 2.24) is 5.32 Å². The molecule has 2 aliphatic heterocycles. The third kappa shape index (κ3) is 13.5. The van der Waals surface area contributed by atoms with Gasteiger partial charge in [-0.3, -0.25) is 18.5 Å². The molecular formula is C44H66N3O10S3+. The molecule has 4 rings (SSSR count). The second-order valence-corrected chi connectivity index (χ2v) is 22.9. The van der Waals surface area contributed by atoms with E-state index in [2.05, 4.69) is 44.0 Å². The molecule has 0 aliphatic carbocycles. The first-order valence-electron chi connectivity index (χ1n) is 20.9. The van der Waals surface area contributed by atoms with Gasteiger partial charge in [-0.1, -0.05) is 70.2 Å². The number of amides is 1. The van der Waals surface area contributed by atoms with Crippen molar-refractivity contribution in [3.8, 4) is 0 Å². The fourth-order valence-electron chi connectivity index (χ4n) is 8.48. The molecule has 0 fully saturated rings. The van der Waals surface area contributed by atoms with Gasteiger partial charge >= 0.3 is 0 Å². The molecule has 2 heterocycles. The number of carbonyl (C=O) groups excluding carboxylic acids is 1. The average Bonchev–Trinajstić information content (AvgIpc) is 3.46. The van der Waals surface area contributed by atoms with Crippen molar-refractivity contribution in [1.29, 1.82) is 0 Å². The van der Waals surface area contributed by atoms with Gasteiger partial charge in [0, 0.05) is 60.4 Å². The number of fused-ring (bicyclic) bond motifs is 2. The number of benzene rings is 2. The lowest BCUT2D eigenvalue weighted by Gasteiger charge is -2.30. The van der Waals surface area contributed by atoms with Crippen molar-refractivity contribution in [3.63, 3.8) is 0 Å². The Balaban J connectivity index is 1.63. The summed E-state index contributed by atoms with van der Waals surface area (Å²) in [5, 5.41) is 3.07. The van der Waals surface area contributed by atoms with Gasteiger partial charge in [0.1, 0.15) is 6.54 Å². The van der Waals surface area contributed by atoms with Gasteiger partial charge in [0.15, 0.2) is 5.71 Å². The van der Waals surface area contributed by atoms with Crippen LogP contribution in [0, 0.1) is 12.3 Å². The van der Waals surface area contributed by atoms with E-state index in [1.807, 2.05) is 55.7 Å². The highest BCUT2D eigenvalue weighted by atomic mass is 32.2. The number of carbonyl (C=O) groups is 1. The van der Waals surface area contributed by atoms with Crippen molar-refractivity contribution in [2.75, 3.05) is 36.0 Å². The van der Waals surface area contributed by atoms with Gasteiger partial charge in [-0.05, 0) is 95.1 Å². The number of nitrogens with one attached hydrogen (secondary N) is 1. The zero-order valence-corrected chi connectivity index (χ0v) is 38.8. The molecule has 1 atom stereocenters. The van der Waals surface area contributed by atoms with E-state index in [4.69, 9.17) is 0 Å². The molecule has 0 aromatic heterocycles. The van der Waals surface area contributed by atoms with E-state index in [0.29, 0.717) is 36.2 Å². The number of allylic oxidation sites excluding steroid dienone is 4. The maximum Gasteiger partial charge on any atom is 0.294 e. The second-order valence-electron chi connectivity index (χ2n) is 18.3. The zero-order valence-electron chi connectivity index (χ0n) is 36.3. The molecule has 2 aromatic rings. The smallest absolute Gasteiger partial charge is 0.294 e. The fraction of sp³-hybridized carbons (Fsp3) is 0.591. The van der Waals surface area contributed by atoms with Crippen LogP contribution in [0.15, 0.2) is 65.2 Å². The quantitative estimate of drug-likeness (QED) is 0.0507. The van der Waals surface area contributed by atoms with Gasteiger partial charge in [-0.15, -0.1) is 0 Å². The van der Waals surface area contributed by atoms with Crippen LogP contribution >= 0.6 is 0 Å². The highest BCUT2D eigenvalue weighted by Crippen LogP contribution is 2.51. The van der Waals surface area contributed by atoms with Crippen LogP contribution < -0.4 is 10.2 Å². The summed E-state index contributed by atoms with van der Waals surface area (Å²) in [6.45, 7) is 15.9. The number of rotatable bonds is 22. The van der Waals surface area contributed by atoms with Crippen molar-refractivity contribution in [2.24, 2.45) is 5.41 Å². The van der Waals surface area contributed by atoms with E-state index in [1.54, 1.807) is 6.07 Å². The van der Waals surface area contributed by atoms with E-state index >= 15 is 0 Å². The minimum Gasteiger partial charge on any atom is -0.356 e. The lowest BCUT2D eigenvalue weighted by molar-refractivity contribution is -0.437. The molecule has 1 amide bonds. The fourth-order valence-corrected chi connectivity index (χ4v) is 9.98. The summed E-state index contributed by atoms with van der Waals surface area (Å²) in [5.74, 6) is -0.816. The molecule has 0 saturated carbocycles. The third-order valence-electron chi connectivity index (χ3n) is 11.6. The molecule has 16 heteroatoms. The summed E-state index contributed by atoms with van der Waals surface area (Å²) in [4.78, 5) is 14.5. The first kappa shape index (κ1) is 49.2. The van der Waals surface area contributed by atoms with E-state index in [1.165, 1.54) is 12.1 Å². The Labute approximate surface area is 358 Å². The molecular weight excluding hydrogens is 827 g/mol. The Morgan fingerprint density at radius 3 is 2.13 bits per heavy atom. The number of unbranched alkanes of at least 4 members (excludes halogenated alkanes) is 4. The Kier molecular flexibility index (Phi) is 16.2. The normalized spacial score (nSPS) is 18.8. The number of hydrogen-bond acceptors (Lipinski definition) is 8. The van der Waals surface area contributed by atoms with Gasteiger partial charge < -0.3 is 10.2 Å². The van der Waals surface area contributed by atoms with Crippen LogP contribution in [0.25, 0.3) is 0 Å². The van der Waals surface area contributed by atoms with Gasteiger partial charge in [0.2, 0.25) is 11.6 Å². The first-order valence-corrected chi connectivity index (χ1v) is 25.6. The Bertz CT molecular complexity index is 2310. The van der Waals surface area contributed by atoms with Crippen molar-refractivity contribution < 1.29 is 48.3 Å². The number of anilines is 1. The molecule has 2 aliphatic rings. The van der Waals surface area contributed by atoms with Crippen LogP contribution in [0.2, 0.25) is 0 Å². The van der Waals surface area contributed by atoms with Crippen molar-refractivity contribution in [3.05, 3.63) is 77.0 Å². The minimum absolute atomic E-state index is 0.0605. The highest BCUT2D eigenvalue weighted by Gasteiger charge is 2.46. The lowest BCUT2D eigenvalue weighted by Crippen LogP contribution is -2.30. The van der Waals surface area contributed by atoms with Crippen LogP contribution in [0.3, 0.4) is 0 Å². The van der Waals surface area contributed by atoms with Gasteiger partial charge in [-0.25, -0.2) is 0 Å². The van der Waals surface area contributed by atoms with Gasteiger partial charge in [-0.2, -0.15) is 29.8 Å². The summed E-state index contributed by atoms with van der Waals surface area (Å²) in [6, 6.07) is 10.5. The molecule has 0 bridgehead atoms. The molecule has 4 N–H and O–H groups in total. The first-order chi connectivity index (χ1) is 27.7. The summed E-state index contributed by atoms with van der Waals surface area (Å²) >= 11 is 0. The van der Waals surface area contributed by atoms with E-state index < -0.39 is 52.7 Å². The minimum atomic E-state index is -4.51. The number of nitrogens with zero attached hydrogens (tertiary/aromatic N) is 2. The molecule has 13 nitrogen and oxygen atoms in total. The largest absolute Gasteiger partial charge is 0.356 e. The zero-order chi connectivity index (χ0) is 44.7. The molecule has 0 spiro atoms. The van der Waals surface area contributed by atoms with E-state index in [-0.39, 0.29) is 30.2 Å². The predicted molar refractivity (Wildman–Crippen MR) is 238 cm³/mol. The summed E-state index contributed by atoms with van der Waals surface area (Å²) < 4.78 is 102. The Morgan fingerprint density at radius 2 is 1.48 bits per heavy atom. The summed E-state index contributed by atoms with van der Waals surface area (Å²) in [5.41, 5.74) is 4.99. The van der Waals surface area contributed by atoms with E-state index in [9.17, 15) is 43.7 Å². The molecule has 0 radical (unpaired) electrons. The monoisotopic (exact) mass is 892 g/mol. The van der Waals surface area contributed by atoms with Crippen LogP contribution in [-0.4, -0.2) is 86.2 Å². The van der Waals surface area contributed by atoms with Crippen molar-refractivity contribution in [2.45, 2.75) is 135 Å². The average molecular weight is 893 g/mol. The van der Waals surface area contributed by atoms with Crippen LogP contribution in [0.1, 0.15) is 129 Å². The molecule has 2 aromatic carbocycles. The van der Waals surface area contributed by atoms with Crippen LogP contribution in [0.4, 0.5) is 11.4 Å². The SMILES string of the molecule is Cc1ccc2c(c1)C(C)(CCCCCC(=O)NCCCCCC(C)(C)C)/C(=C\C=C\C1=[N+](CCCS(=O)(=O)O)c3ccc(S(=O)(=O)O)cc3C1(C)C)N2CCCS(=O)(=O)O. The van der Waals surface area contributed by atoms with Gasteiger partial charge in [0.25, 0.3) is 30.4 Å². The topological polar surface area (TPSA) is 198 Å². The molecule has 334 valence electrons. The Morgan fingerprint density at radius 1 is 0.817 bits per heavy atom. The lowest BCUT2D eigenvalue weighted by atomic mass is 9.76. The van der Waals surface area contributed by atoms with Crippen molar-refractivity contribution >= 4 is 53.3 Å². The van der Waals surface area contributed by atoms with E-state index in [0.717, 1.165) is 79.6 Å². The maximum atomic E-state index is 12.6. The van der Waals surface area contributed by atoms with Crippen LogP contribution in [-0.2, 0) is 46.0 Å². The highest BCUT2D eigenvalue weighted by molar-refractivity contribution is 7.86. The Hall–Kier alpha value is -3.41.